The van der Waals surface area contributed by atoms with E-state index >= 15 is 0 Å². The molecule has 0 aromatic carbocycles. The van der Waals surface area contributed by atoms with Gasteiger partial charge in [0.15, 0.2) is 0 Å². The molecule has 0 aliphatic heterocycles. The van der Waals surface area contributed by atoms with E-state index in [2.05, 4.69) is 13.8 Å². The summed E-state index contributed by atoms with van der Waals surface area (Å²) in [5.74, 6) is 0. The Bertz CT molecular complexity index is 387. The van der Waals surface area contributed by atoms with Gasteiger partial charge in [0.25, 0.3) is 0 Å². The van der Waals surface area contributed by atoms with Crippen molar-refractivity contribution in [3.05, 3.63) is 0 Å². The summed E-state index contributed by atoms with van der Waals surface area (Å²) in [6, 6.07) is 0. The number of unbranched alkanes of at least 4 members (excludes halogenated alkanes) is 10. The van der Waals surface area contributed by atoms with Crippen LogP contribution in [0, 0.1) is 0 Å². The normalized spacial score (nSPS) is 14.0. The zero-order valence-electron chi connectivity index (χ0n) is 17.5. The molecule has 0 fully saturated rings. The third-order valence-electron chi connectivity index (χ3n) is 5.00. The molecular weight excluding hydrogens is 359 g/mol. The number of aliphatic hydroxyl groups is 1. The van der Waals surface area contributed by atoms with E-state index in [-0.39, 0.29) is 29.6 Å². The summed E-state index contributed by atoms with van der Waals surface area (Å²) in [7, 11) is -4.26. The molecule has 0 spiro atoms. The van der Waals surface area contributed by atoms with Gasteiger partial charge in [-0.3, -0.25) is 0 Å². The van der Waals surface area contributed by atoms with Crippen molar-refractivity contribution in [2.75, 3.05) is 0 Å². The molecule has 0 radical (unpaired) electrons. The van der Waals surface area contributed by atoms with Gasteiger partial charge in [0.1, 0.15) is 0 Å². The van der Waals surface area contributed by atoms with Gasteiger partial charge in [-0.2, -0.15) is 0 Å². The van der Waals surface area contributed by atoms with E-state index in [1.807, 2.05) is 0 Å². The van der Waals surface area contributed by atoms with Crippen molar-refractivity contribution in [3.8, 4) is 0 Å². The van der Waals surface area contributed by atoms with Gasteiger partial charge in [0, 0.05) is 5.25 Å². The first kappa shape index (κ1) is 29.1. The summed E-state index contributed by atoms with van der Waals surface area (Å²) < 4.78 is 34.3. The van der Waals surface area contributed by atoms with Gasteiger partial charge in [-0.15, -0.1) is 0 Å². The second-order valence-electron chi connectivity index (χ2n) is 7.46. The Balaban J connectivity index is 0. The molecule has 1 N–H and O–H groups in total. The fourth-order valence-corrected chi connectivity index (χ4v) is 4.15. The maximum atomic E-state index is 11.4. The summed E-state index contributed by atoms with van der Waals surface area (Å²) >= 11 is 0. The molecule has 0 saturated carbocycles. The Hall–Kier alpha value is 0.870. The SMILES string of the molecule is CCCCCCCCCC(CCC(O)CCCCCCC)S(=O)(=O)[O-].[Na+]. The van der Waals surface area contributed by atoms with Crippen LogP contribution >= 0.6 is 0 Å². The van der Waals surface area contributed by atoms with Gasteiger partial charge >= 0.3 is 29.6 Å². The molecule has 2 unspecified atom stereocenters. The van der Waals surface area contributed by atoms with E-state index in [1.165, 1.54) is 44.9 Å². The van der Waals surface area contributed by atoms with Crippen LogP contribution in [0.1, 0.15) is 117 Å². The van der Waals surface area contributed by atoms with Crippen LogP contribution in [0.2, 0.25) is 0 Å². The van der Waals surface area contributed by atoms with Crippen LogP contribution < -0.4 is 29.6 Å². The topological polar surface area (TPSA) is 77.4 Å². The zero-order valence-corrected chi connectivity index (χ0v) is 20.4. The molecule has 0 aromatic heterocycles. The first-order chi connectivity index (χ1) is 11.9. The van der Waals surface area contributed by atoms with E-state index in [9.17, 15) is 18.1 Å². The van der Waals surface area contributed by atoms with Crippen molar-refractivity contribution in [1.82, 2.24) is 0 Å². The van der Waals surface area contributed by atoms with Gasteiger partial charge in [-0.1, -0.05) is 90.9 Å². The van der Waals surface area contributed by atoms with Crippen molar-refractivity contribution in [2.45, 2.75) is 128 Å². The average molecular weight is 401 g/mol. The first-order valence-corrected chi connectivity index (χ1v) is 12.0. The van der Waals surface area contributed by atoms with E-state index in [0.29, 0.717) is 25.7 Å². The predicted molar refractivity (Wildman–Crippen MR) is 105 cm³/mol. The van der Waals surface area contributed by atoms with Gasteiger partial charge < -0.3 is 9.66 Å². The van der Waals surface area contributed by atoms with Crippen LogP contribution in [-0.4, -0.2) is 29.4 Å². The number of hydrogen-bond acceptors (Lipinski definition) is 4. The Morgan fingerprint density at radius 1 is 0.692 bits per heavy atom. The molecule has 0 aliphatic carbocycles. The average Bonchev–Trinajstić information content (AvgIpc) is 2.55. The number of rotatable bonds is 18. The second-order valence-corrected chi connectivity index (χ2v) is 9.11. The second kappa shape index (κ2) is 19.2. The van der Waals surface area contributed by atoms with E-state index in [4.69, 9.17) is 0 Å². The standard InChI is InChI=1S/C20H42O4S.Na/c1-3-5-7-9-10-12-14-16-20(25(22,23)24)18-17-19(21)15-13-11-8-6-4-2;/h19-21H,3-18H2,1-2H3,(H,22,23,24);/q;+1/p-1. The zero-order chi connectivity index (χ0) is 19.0. The van der Waals surface area contributed by atoms with Crippen LogP contribution in [0.3, 0.4) is 0 Å². The molecular formula is C20H41NaO4S. The molecule has 152 valence electrons. The number of aliphatic hydroxyl groups excluding tert-OH is 1. The molecule has 2 atom stereocenters. The minimum Gasteiger partial charge on any atom is -0.748 e. The van der Waals surface area contributed by atoms with Crippen LogP contribution in [0.4, 0.5) is 0 Å². The van der Waals surface area contributed by atoms with Crippen LogP contribution in [0.25, 0.3) is 0 Å². The van der Waals surface area contributed by atoms with Crippen molar-refractivity contribution in [1.29, 1.82) is 0 Å². The first-order valence-electron chi connectivity index (χ1n) is 10.5. The third-order valence-corrected chi connectivity index (χ3v) is 6.29. The molecule has 0 heterocycles. The molecule has 0 bridgehead atoms. The summed E-state index contributed by atoms with van der Waals surface area (Å²) in [5.41, 5.74) is 0. The molecule has 0 amide bonds. The molecule has 0 rings (SSSR count). The number of hydrogen-bond donors (Lipinski definition) is 1. The Morgan fingerprint density at radius 2 is 1.12 bits per heavy atom. The van der Waals surface area contributed by atoms with Crippen molar-refractivity contribution in [2.24, 2.45) is 0 Å². The molecule has 6 heteroatoms. The van der Waals surface area contributed by atoms with Gasteiger partial charge in [0.2, 0.25) is 0 Å². The summed E-state index contributed by atoms with van der Waals surface area (Å²) in [4.78, 5) is 0. The molecule has 26 heavy (non-hydrogen) atoms. The van der Waals surface area contributed by atoms with E-state index in [0.717, 1.165) is 32.1 Å². The third kappa shape index (κ3) is 18.2. The quantitative estimate of drug-likeness (QED) is 0.218. The van der Waals surface area contributed by atoms with Crippen molar-refractivity contribution in [3.63, 3.8) is 0 Å². The van der Waals surface area contributed by atoms with Crippen molar-refractivity contribution < 1.29 is 47.6 Å². The summed E-state index contributed by atoms with van der Waals surface area (Å²) in [5, 5.41) is 9.19. The van der Waals surface area contributed by atoms with Crippen molar-refractivity contribution >= 4 is 10.1 Å². The molecule has 4 nitrogen and oxygen atoms in total. The monoisotopic (exact) mass is 400 g/mol. The summed E-state index contributed by atoms with van der Waals surface area (Å²) in [6.45, 7) is 4.35. The maximum Gasteiger partial charge on any atom is 1.00 e. The summed E-state index contributed by atoms with van der Waals surface area (Å²) in [6.07, 6.45) is 15.0. The van der Waals surface area contributed by atoms with Crippen LogP contribution in [-0.2, 0) is 10.1 Å². The largest absolute Gasteiger partial charge is 1.00 e. The smallest absolute Gasteiger partial charge is 0.748 e. The van der Waals surface area contributed by atoms with E-state index < -0.39 is 21.5 Å². The maximum absolute atomic E-state index is 11.4. The van der Waals surface area contributed by atoms with Gasteiger partial charge in [-0.05, 0) is 25.7 Å². The Labute approximate surface area is 185 Å². The fraction of sp³-hybridized carbons (Fsp3) is 1.00. The van der Waals surface area contributed by atoms with Crippen LogP contribution in [0.15, 0.2) is 0 Å². The minimum absolute atomic E-state index is 0. The van der Waals surface area contributed by atoms with E-state index in [1.54, 1.807) is 0 Å². The Kier molecular flexibility index (Phi) is 21.5. The predicted octanol–water partition coefficient (Wildman–Crippen LogP) is 2.55. The molecule has 0 saturated heterocycles. The van der Waals surface area contributed by atoms with Crippen LogP contribution in [0.5, 0.6) is 0 Å². The Morgan fingerprint density at radius 3 is 1.58 bits per heavy atom. The molecule has 0 aliphatic rings. The minimum atomic E-state index is -4.26. The fourth-order valence-electron chi connectivity index (χ4n) is 3.27. The van der Waals surface area contributed by atoms with Gasteiger partial charge in [0.05, 0.1) is 16.2 Å². The molecule has 0 aromatic rings. The van der Waals surface area contributed by atoms with Gasteiger partial charge in [-0.25, -0.2) is 8.42 Å².